The Morgan fingerprint density at radius 2 is 2.04 bits per heavy atom. The molecule has 0 spiro atoms. The smallest absolute Gasteiger partial charge is 0.240 e. The van der Waals surface area contributed by atoms with E-state index in [-0.39, 0.29) is 43.2 Å². The van der Waals surface area contributed by atoms with Crippen molar-refractivity contribution in [3.63, 3.8) is 0 Å². The van der Waals surface area contributed by atoms with Crippen LogP contribution in [0.2, 0.25) is 0 Å². The van der Waals surface area contributed by atoms with Crippen LogP contribution in [0.4, 0.5) is 0 Å². The second-order valence-electron chi connectivity index (χ2n) is 7.31. The molecule has 1 N–H and O–H groups in total. The minimum absolute atomic E-state index is 0.0634. The first-order chi connectivity index (χ1) is 12.9. The summed E-state index contributed by atoms with van der Waals surface area (Å²) in [4.78, 5) is 41.4. The van der Waals surface area contributed by atoms with Crippen LogP contribution in [0, 0.1) is 0 Å². The van der Waals surface area contributed by atoms with Crippen LogP contribution >= 0.6 is 0 Å². The Labute approximate surface area is 158 Å². The Balaban J connectivity index is 2.00. The highest BCUT2D eigenvalue weighted by Crippen LogP contribution is 2.44. The van der Waals surface area contributed by atoms with E-state index < -0.39 is 5.41 Å². The van der Waals surface area contributed by atoms with Crippen molar-refractivity contribution in [1.82, 2.24) is 9.80 Å². The number of aliphatic hydroxyl groups is 1. The number of hydrogen-bond donors (Lipinski definition) is 1. The van der Waals surface area contributed by atoms with Crippen LogP contribution in [0.15, 0.2) is 24.3 Å². The van der Waals surface area contributed by atoms with E-state index in [1.807, 2.05) is 0 Å². The number of nitrogens with zero attached hydrogens (tertiary/aromatic N) is 2. The van der Waals surface area contributed by atoms with Gasteiger partial charge in [-0.3, -0.25) is 19.3 Å². The van der Waals surface area contributed by atoms with Gasteiger partial charge in [-0.15, -0.1) is 0 Å². The number of carbonyl (C=O) groups excluding carboxylic acids is 3. The largest absolute Gasteiger partial charge is 0.496 e. The van der Waals surface area contributed by atoms with Gasteiger partial charge < -0.3 is 14.7 Å². The van der Waals surface area contributed by atoms with E-state index >= 15 is 0 Å². The van der Waals surface area contributed by atoms with Crippen molar-refractivity contribution in [1.29, 1.82) is 0 Å². The molecule has 1 aromatic rings. The van der Waals surface area contributed by atoms with Gasteiger partial charge in [0.25, 0.3) is 0 Å². The van der Waals surface area contributed by atoms with Crippen LogP contribution in [0.1, 0.15) is 37.7 Å². The Morgan fingerprint density at radius 3 is 2.67 bits per heavy atom. The number of benzene rings is 1. The lowest BCUT2D eigenvalue weighted by Gasteiger charge is -2.37. The van der Waals surface area contributed by atoms with Crippen LogP contribution in [0.5, 0.6) is 5.75 Å². The molecular formula is C20H26N2O5. The Kier molecular flexibility index (Phi) is 5.51. The van der Waals surface area contributed by atoms with Crippen molar-refractivity contribution in [2.24, 2.45) is 0 Å². The molecule has 27 heavy (non-hydrogen) atoms. The highest BCUT2D eigenvalue weighted by Gasteiger charge is 2.54. The maximum atomic E-state index is 13.2. The summed E-state index contributed by atoms with van der Waals surface area (Å²) in [6.45, 7) is 0.463. The molecule has 1 aromatic carbocycles. The molecule has 2 aliphatic rings. The van der Waals surface area contributed by atoms with E-state index in [0.29, 0.717) is 17.9 Å². The predicted molar refractivity (Wildman–Crippen MR) is 98.1 cm³/mol. The van der Waals surface area contributed by atoms with E-state index in [4.69, 9.17) is 4.74 Å². The van der Waals surface area contributed by atoms with Gasteiger partial charge in [0.1, 0.15) is 5.75 Å². The molecule has 0 unspecified atom stereocenters. The summed E-state index contributed by atoms with van der Waals surface area (Å²) in [6.07, 6.45) is 2.41. The van der Waals surface area contributed by atoms with Gasteiger partial charge in [-0.2, -0.15) is 0 Å². The monoisotopic (exact) mass is 374 g/mol. The number of piperidine rings is 1. The highest BCUT2D eigenvalue weighted by molar-refractivity contribution is 6.10. The SMILES string of the molecule is COc1ccccc1[C@]1(CC(=O)N2CCCC[C@@H]2CO)CC(=O)N(C)C1=O. The summed E-state index contributed by atoms with van der Waals surface area (Å²) in [6, 6.07) is 6.81. The molecular weight excluding hydrogens is 348 g/mol. The van der Waals surface area contributed by atoms with Crippen LogP contribution in [0.3, 0.4) is 0 Å². The molecule has 2 atom stereocenters. The molecule has 0 radical (unpaired) electrons. The van der Waals surface area contributed by atoms with E-state index in [2.05, 4.69) is 0 Å². The van der Waals surface area contributed by atoms with E-state index in [0.717, 1.165) is 24.2 Å². The number of rotatable bonds is 5. The third-order valence-electron chi connectivity index (χ3n) is 5.77. The molecule has 0 aliphatic carbocycles. The first-order valence-corrected chi connectivity index (χ1v) is 9.29. The second-order valence-corrected chi connectivity index (χ2v) is 7.31. The fourth-order valence-electron chi connectivity index (χ4n) is 4.25. The fraction of sp³-hybridized carbons (Fsp3) is 0.550. The van der Waals surface area contributed by atoms with Gasteiger partial charge in [-0.1, -0.05) is 18.2 Å². The molecule has 3 amide bonds. The highest BCUT2D eigenvalue weighted by atomic mass is 16.5. The van der Waals surface area contributed by atoms with Crippen molar-refractivity contribution in [3.8, 4) is 5.75 Å². The summed E-state index contributed by atoms with van der Waals surface area (Å²) in [5, 5.41) is 9.63. The first kappa shape index (κ1) is 19.4. The molecule has 7 nitrogen and oxygen atoms in total. The molecule has 3 rings (SSSR count). The number of para-hydroxylation sites is 1. The molecule has 2 heterocycles. The molecule has 146 valence electrons. The van der Waals surface area contributed by atoms with Crippen LogP contribution in [-0.2, 0) is 19.8 Å². The Bertz CT molecular complexity index is 750. The van der Waals surface area contributed by atoms with Gasteiger partial charge in [0, 0.05) is 32.0 Å². The molecule has 0 saturated carbocycles. The summed E-state index contributed by atoms with van der Waals surface area (Å²) < 4.78 is 5.42. The zero-order valence-electron chi connectivity index (χ0n) is 15.8. The summed E-state index contributed by atoms with van der Waals surface area (Å²) in [5.74, 6) is -0.422. The number of amides is 3. The number of carbonyl (C=O) groups is 3. The zero-order valence-corrected chi connectivity index (χ0v) is 15.8. The van der Waals surface area contributed by atoms with Gasteiger partial charge in [0.2, 0.25) is 17.7 Å². The molecule has 2 aliphatic heterocycles. The van der Waals surface area contributed by atoms with Crippen molar-refractivity contribution in [2.75, 3.05) is 27.3 Å². The molecule has 0 aromatic heterocycles. The van der Waals surface area contributed by atoms with Gasteiger partial charge in [-0.25, -0.2) is 0 Å². The van der Waals surface area contributed by atoms with E-state index in [9.17, 15) is 19.5 Å². The summed E-state index contributed by atoms with van der Waals surface area (Å²) in [5.41, 5.74) is -0.714. The Morgan fingerprint density at radius 1 is 1.30 bits per heavy atom. The van der Waals surface area contributed by atoms with Gasteiger partial charge in [-0.05, 0) is 25.3 Å². The third-order valence-corrected chi connectivity index (χ3v) is 5.77. The summed E-state index contributed by atoms with van der Waals surface area (Å²) >= 11 is 0. The minimum Gasteiger partial charge on any atom is -0.496 e. The molecule has 7 heteroatoms. The predicted octanol–water partition coefficient (Wildman–Crippen LogP) is 1.09. The quantitative estimate of drug-likeness (QED) is 0.780. The number of methoxy groups -OCH3 is 1. The average Bonchev–Trinajstić information content (AvgIpc) is 2.92. The maximum absolute atomic E-state index is 13.2. The fourth-order valence-corrected chi connectivity index (χ4v) is 4.25. The van der Waals surface area contributed by atoms with Gasteiger partial charge in [0.15, 0.2) is 0 Å². The van der Waals surface area contributed by atoms with E-state index in [1.165, 1.54) is 14.2 Å². The minimum atomic E-state index is -1.27. The third kappa shape index (κ3) is 3.32. The number of hydrogen-bond acceptors (Lipinski definition) is 5. The molecule has 0 bridgehead atoms. The molecule has 2 saturated heterocycles. The summed E-state index contributed by atoms with van der Waals surface area (Å²) in [7, 11) is 2.95. The van der Waals surface area contributed by atoms with E-state index in [1.54, 1.807) is 29.2 Å². The maximum Gasteiger partial charge on any atom is 0.240 e. The van der Waals surface area contributed by atoms with Crippen molar-refractivity contribution >= 4 is 17.7 Å². The normalized spacial score (nSPS) is 25.8. The molecule has 2 fully saturated rings. The Hall–Kier alpha value is -2.41. The van der Waals surface area contributed by atoms with Gasteiger partial charge >= 0.3 is 0 Å². The van der Waals surface area contributed by atoms with Crippen molar-refractivity contribution in [2.45, 2.75) is 43.6 Å². The lowest BCUT2D eigenvalue weighted by molar-refractivity contribution is -0.143. The lowest BCUT2D eigenvalue weighted by atomic mass is 9.75. The number of imide groups is 1. The number of likely N-dealkylation sites (N-methyl/N-ethyl adjacent to an activating group) is 1. The van der Waals surface area contributed by atoms with Crippen molar-refractivity contribution in [3.05, 3.63) is 29.8 Å². The number of aliphatic hydroxyl groups excluding tert-OH is 1. The standard InChI is InChI=1S/C20H26N2O5/c1-21-17(24)11-20(19(21)26,15-8-3-4-9-16(15)27-2)12-18(25)22-10-6-5-7-14(22)13-23/h3-4,8-9,14,23H,5-7,10-13H2,1-2H3/t14-,20-/m1/s1. The van der Waals surface area contributed by atoms with Gasteiger partial charge in [0.05, 0.1) is 25.2 Å². The second kappa shape index (κ2) is 7.68. The van der Waals surface area contributed by atoms with Crippen LogP contribution in [0.25, 0.3) is 0 Å². The van der Waals surface area contributed by atoms with Crippen LogP contribution < -0.4 is 4.74 Å². The first-order valence-electron chi connectivity index (χ1n) is 9.29. The average molecular weight is 374 g/mol. The number of ether oxygens (including phenoxy) is 1. The van der Waals surface area contributed by atoms with Crippen LogP contribution in [-0.4, -0.2) is 66.0 Å². The zero-order chi connectivity index (χ0) is 19.6. The number of likely N-dealkylation sites (tertiary alicyclic amines) is 2. The topological polar surface area (TPSA) is 87.2 Å². The lowest BCUT2D eigenvalue weighted by Crippen LogP contribution is -2.49. The van der Waals surface area contributed by atoms with Crippen molar-refractivity contribution < 1.29 is 24.2 Å².